The number of anilines is 1. The fourth-order valence-corrected chi connectivity index (χ4v) is 3.16. The molecule has 27 heavy (non-hydrogen) atoms. The van der Waals surface area contributed by atoms with Gasteiger partial charge in [-0.3, -0.25) is 9.59 Å². The van der Waals surface area contributed by atoms with Crippen LogP contribution in [0.25, 0.3) is 11.8 Å². The van der Waals surface area contributed by atoms with Crippen molar-refractivity contribution in [2.24, 2.45) is 0 Å². The first-order chi connectivity index (χ1) is 13.2. The number of amides is 2. The maximum absolute atomic E-state index is 12.8. The number of rotatable bonds is 4. The Labute approximate surface area is 157 Å². The molecule has 0 atom stereocenters. The number of carbonyl (C=O) groups is 2. The number of carbonyl (C=O) groups excluding carboxylic acids is 2. The molecular weight excluding hydrogens is 336 g/mol. The van der Waals surface area contributed by atoms with Crippen LogP contribution < -0.4 is 5.01 Å². The number of benzene rings is 3. The molecule has 4 rings (SSSR count). The fourth-order valence-electron chi connectivity index (χ4n) is 3.16. The Kier molecular flexibility index (Phi) is 4.54. The zero-order chi connectivity index (χ0) is 18.6. The van der Waals surface area contributed by atoms with Gasteiger partial charge in [-0.05, 0) is 23.8 Å². The number of para-hydroxylation sites is 1. The molecule has 0 bridgehead atoms. The Hall–Kier alpha value is -3.66. The summed E-state index contributed by atoms with van der Waals surface area (Å²) in [6, 6.07) is 28.7. The predicted molar refractivity (Wildman–Crippen MR) is 106 cm³/mol. The quantitative estimate of drug-likeness (QED) is 0.516. The third-order valence-electron chi connectivity index (χ3n) is 4.38. The van der Waals surface area contributed by atoms with Crippen LogP contribution in [0.15, 0.2) is 91.0 Å². The third-order valence-corrected chi connectivity index (χ3v) is 4.38. The Bertz CT molecular complexity index is 983. The van der Waals surface area contributed by atoms with E-state index in [4.69, 9.17) is 0 Å². The molecule has 4 heteroatoms. The fraction of sp³-hybridized carbons (Fsp3) is 0.0435. The average Bonchev–Trinajstić information content (AvgIpc) is 3.02. The van der Waals surface area contributed by atoms with Crippen molar-refractivity contribution < 1.29 is 9.59 Å². The Morgan fingerprint density at radius 2 is 1.26 bits per heavy atom. The standard InChI is InChI=1S/C23H18N2O2/c26-22-17-23(27)25(24(22)20-14-8-3-9-15-20)21(19-12-6-2-7-13-19)16-18-10-4-1-5-11-18/h1-16H,17H2/b21-16-. The summed E-state index contributed by atoms with van der Waals surface area (Å²) in [6.45, 7) is 0. The lowest BCUT2D eigenvalue weighted by atomic mass is 10.1. The minimum atomic E-state index is -0.241. The van der Waals surface area contributed by atoms with E-state index in [0.29, 0.717) is 11.4 Å². The maximum atomic E-state index is 12.8. The minimum Gasteiger partial charge on any atom is -0.272 e. The Morgan fingerprint density at radius 1 is 0.704 bits per heavy atom. The van der Waals surface area contributed by atoms with Crippen LogP contribution in [0.2, 0.25) is 0 Å². The van der Waals surface area contributed by atoms with E-state index in [1.807, 2.05) is 97.1 Å². The van der Waals surface area contributed by atoms with E-state index in [1.54, 1.807) is 0 Å². The largest absolute Gasteiger partial charge is 0.272 e. The summed E-state index contributed by atoms with van der Waals surface area (Å²) < 4.78 is 0. The first kappa shape index (κ1) is 16.8. The van der Waals surface area contributed by atoms with Gasteiger partial charge in [-0.15, -0.1) is 0 Å². The molecule has 3 aromatic rings. The highest BCUT2D eigenvalue weighted by Gasteiger charge is 2.39. The van der Waals surface area contributed by atoms with Crippen LogP contribution >= 0.6 is 0 Å². The molecule has 3 aromatic carbocycles. The summed E-state index contributed by atoms with van der Waals surface area (Å²) in [5.74, 6) is -0.476. The van der Waals surface area contributed by atoms with Crippen molar-refractivity contribution in [1.29, 1.82) is 0 Å². The van der Waals surface area contributed by atoms with Gasteiger partial charge in [-0.25, -0.2) is 10.0 Å². The lowest BCUT2D eigenvalue weighted by Crippen LogP contribution is -2.39. The summed E-state index contributed by atoms with van der Waals surface area (Å²) in [5.41, 5.74) is 3.16. The minimum absolute atomic E-state index is 0.145. The number of hydrogen-bond donors (Lipinski definition) is 0. The van der Waals surface area contributed by atoms with Gasteiger partial charge in [-0.2, -0.15) is 0 Å². The van der Waals surface area contributed by atoms with Gasteiger partial charge >= 0.3 is 0 Å². The molecule has 2 amide bonds. The van der Waals surface area contributed by atoms with Crippen LogP contribution in [-0.2, 0) is 9.59 Å². The normalized spacial score (nSPS) is 14.7. The van der Waals surface area contributed by atoms with Crippen LogP contribution in [0.1, 0.15) is 17.5 Å². The van der Waals surface area contributed by atoms with Gasteiger partial charge < -0.3 is 0 Å². The second kappa shape index (κ2) is 7.30. The van der Waals surface area contributed by atoms with Crippen molar-refractivity contribution in [3.63, 3.8) is 0 Å². The van der Waals surface area contributed by atoms with Gasteiger partial charge in [0.05, 0.1) is 11.4 Å². The average molecular weight is 354 g/mol. The SMILES string of the molecule is O=C1CC(=O)N(c2ccccc2)N1/C(=C\c1ccccc1)c1ccccc1. The van der Waals surface area contributed by atoms with Crippen molar-refractivity contribution >= 4 is 29.3 Å². The molecule has 0 aromatic heterocycles. The van der Waals surface area contributed by atoms with Crippen LogP contribution in [0.5, 0.6) is 0 Å². The summed E-state index contributed by atoms with van der Waals surface area (Å²) in [4.78, 5) is 25.4. The molecule has 1 fully saturated rings. The van der Waals surface area contributed by atoms with Crippen molar-refractivity contribution in [3.05, 3.63) is 102 Å². The van der Waals surface area contributed by atoms with Crippen LogP contribution in [0.4, 0.5) is 5.69 Å². The molecule has 0 N–H and O–H groups in total. The summed E-state index contributed by atoms with van der Waals surface area (Å²) in [7, 11) is 0. The molecule has 1 saturated heterocycles. The lowest BCUT2D eigenvalue weighted by molar-refractivity contribution is -0.125. The molecule has 1 aliphatic rings. The molecule has 132 valence electrons. The van der Waals surface area contributed by atoms with Crippen molar-refractivity contribution in [2.75, 3.05) is 5.01 Å². The maximum Gasteiger partial charge on any atom is 0.255 e. The first-order valence-electron chi connectivity index (χ1n) is 8.77. The van der Waals surface area contributed by atoms with Crippen molar-refractivity contribution in [1.82, 2.24) is 5.01 Å². The van der Waals surface area contributed by atoms with Gasteiger partial charge in [0.2, 0.25) is 0 Å². The van der Waals surface area contributed by atoms with Gasteiger partial charge in [-0.1, -0.05) is 78.9 Å². The number of nitrogens with zero attached hydrogens (tertiary/aromatic N) is 2. The molecule has 0 unspecified atom stereocenters. The molecular formula is C23H18N2O2. The van der Waals surface area contributed by atoms with E-state index in [2.05, 4.69) is 0 Å². The van der Waals surface area contributed by atoms with E-state index in [-0.39, 0.29) is 18.2 Å². The van der Waals surface area contributed by atoms with Crippen LogP contribution in [0.3, 0.4) is 0 Å². The van der Waals surface area contributed by atoms with Gasteiger partial charge in [0.15, 0.2) is 0 Å². The van der Waals surface area contributed by atoms with Crippen LogP contribution in [0, 0.1) is 0 Å². The summed E-state index contributed by atoms with van der Waals surface area (Å²) in [6.07, 6.45) is 1.79. The van der Waals surface area contributed by atoms with Gasteiger partial charge in [0.1, 0.15) is 6.42 Å². The first-order valence-corrected chi connectivity index (χ1v) is 8.77. The highest BCUT2D eigenvalue weighted by molar-refractivity contribution is 6.15. The topological polar surface area (TPSA) is 40.6 Å². The smallest absolute Gasteiger partial charge is 0.255 e. The lowest BCUT2D eigenvalue weighted by Gasteiger charge is -2.30. The monoisotopic (exact) mass is 354 g/mol. The molecule has 0 radical (unpaired) electrons. The summed E-state index contributed by atoms with van der Waals surface area (Å²) >= 11 is 0. The van der Waals surface area contributed by atoms with E-state index < -0.39 is 0 Å². The van der Waals surface area contributed by atoms with E-state index in [1.165, 1.54) is 10.0 Å². The second-order valence-electron chi connectivity index (χ2n) is 6.23. The molecule has 1 heterocycles. The highest BCUT2D eigenvalue weighted by atomic mass is 16.2. The molecule has 1 aliphatic heterocycles. The molecule has 0 spiro atoms. The third kappa shape index (κ3) is 3.37. The van der Waals surface area contributed by atoms with E-state index in [9.17, 15) is 9.59 Å². The van der Waals surface area contributed by atoms with Crippen LogP contribution in [-0.4, -0.2) is 16.8 Å². The zero-order valence-corrected chi connectivity index (χ0v) is 14.7. The molecule has 0 saturated carbocycles. The number of hydrogen-bond acceptors (Lipinski definition) is 2. The molecule has 4 nitrogen and oxygen atoms in total. The molecule has 0 aliphatic carbocycles. The van der Waals surface area contributed by atoms with Gasteiger partial charge in [0, 0.05) is 5.56 Å². The second-order valence-corrected chi connectivity index (χ2v) is 6.23. The summed E-state index contributed by atoms with van der Waals surface area (Å²) in [5, 5.41) is 2.95. The predicted octanol–water partition coefficient (Wildman–Crippen LogP) is 4.37. The van der Waals surface area contributed by atoms with Crippen molar-refractivity contribution in [3.8, 4) is 0 Å². The van der Waals surface area contributed by atoms with Gasteiger partial charge in [0.25, 0.3) is 11.8 Å². The Morgan fingerprint density at radius 3 is 1.89 bits per heavy atom. The van der Waals surface area contributed by atoms with E-state index >= 15 is 0 Å². The zero-order valence-electron chi connectivity index (χ0n) is 14.7. The highest BCUT2D eigenvalue weighted by Crippen LogP contribution is 2.32. The van der Waals surface area contributed by atoms with Crippen molar-refractivity contribution in [2.45, 2.75) is 6.42 Å². The Balaban J connectivity index is 1.87. The number of hydrazine groups is 1. The van der Waals surface area contributed by atoms with E-state index in [0.717, 1.165) is 11.1 Å².